The molecule has 4 nitrogen and oxygen atoms in total. The zero-order chi connectivity index (χ0) is 20.7. The van der Waals surface area contributed by atoms with Crippen molar-refractivity contribution in [2.75, 3.05) is 0 Å². The average molecular weight is 393 g/mol. The van der Waals surface area contributed by atoms with Crippen molar-refractivity contribution in [3.63, 3.8) is 0 Å². The van der Waals surface area contributed by atoms with Crippen LogP contribution in [0.25, 0.3) is 16.7 Å². The number of allylic oxidation sites excluding steroid dienone is 4. The van der Waals surface area contributed by atoms with Gasteiger partial charge in [0.2, 0.25) is 0 Å². The van der Waals surface area contributed by atoms with Gasteiger partial charge in [-0.1, -0.05) is 72.8 Å². The average Bonchev–Trinajstić information content (AvgIpc) is 3.16. The molecule has 30 heavy (non-hydrogen) atoms. The molecule has 0 bridgehead atoms. The standard InChI is InChI=1S/C26H19NO3/c28-16-26-22(17-8-11-21(12-9-17)27(29)30)6-3-7-24(26)19-10-13-25-20(15-19)14-18-4-1-2-5-23(18)25/h1-13,15-16,22,26H,14H2. The van der Waals surface area contributed by atoms with Gasteiger partial charge in [0, 0.05) is 18.1 Å². The number of rotatable bonds is 4. The van der Waals surface area contributed by atoms with Crippen molar-refractivity contribution >= 4 is 17.5 Å². The predicted octanol–water partition coefficient (Wildman–Crippen LogP) is 5.72. The van der Waals surface area contributed by atoms with Crippen molar-refractivity contribution in [1.29, 1.82) is 0 Å². The Morgan fingerprint density at radius 1 is 0.933 bits per heavy atom. The molecule has 0 N–H and O–H groups in total. The molecule has 5 rings (SSSR count). The molecule has 2 atom stereocenters. The lowest BCUT2D eigenvalue weighted by Crippen LogP contribution is -2.17. The minimum absolute atomic E-state index is 0.0511. The van der Waals surface area contributed by atoms with Crippen molar-refractivity contribution in [3.05, 3.63) is 117 Å². The van der Waals surface area contributed by atoms with Gasteiger partial charge in [0.1, 0.15) is 6.29 Å². The van der Waals surface area contributed by atoms with E-state index in [1.54, 1.807) is 12.1 Å². The summed E-state index contributed by atoms with van der Waals surface area (Å²) < 4.78 is 0. The van der Waals surface area contributed by atoms with Gasteiger partial charge in [-0.15, -0.1) is 0 Å². The number of nitro groups is 1. The van der Waals surface area contributed by atoms with Crippen LogP contribution in [0.5, 0.6) is 0 Å². The first-order valence-electron chi connectivity index (χ1n) is 9.95. The third-order valence-corrected chi connectivity index (χ3v) is 6.10. The van der Waals surface area contributed by atoms with E-state index < -0.39 is 4.92 Å². The Hall–Kier alpha value is -3.79. The van der Waals surface area contributed by atoms with Gasteiger partial charge < -0.3 is 4.79 Å². The first kappa shape index (κ1) is 18.3. The van der Waals surface area contributed by atoms with Crippen LogP contribution < -0.4 is 0 Å². The largest absolute Gasteiger partial charge is 0.303 e. The van der Waals surface area contributed by atoms with Crippen molar-refractivity contribution in [2.24, 2.45) is 5.92 Å². The second-order valence-electron chi connectivity index (χ2n) is 7.75. The Labute approximate surface area is 174 Å². The fourth-order valence-electron chi connectivity index (χ4n) is 4.61. The first-order chi connectivity index (χ1) is 14.7. The second-order valence-corrected chi connectivity index (χ2v) is 7.75. The lowest BCUT2D eigenvalue weighted by atomic mass is 9.76. The maximum absolute atomic E-state index is 12.1. The summed E-state index contributed by atoms with van der Waals surface area (Å²) in [6.07, 6.45) is 7.87. The Kier molecular flexibility index (Phi) is 4.40. The third kappa shape index (κ3) is 2.98. The van der Waals surface area contributed by atoms with Crippen LogP contribution in [0.2, 0.25) is 0 Å². The molecule has 0 radical (unpaired) electrons. The van der Waals surface area contributed by atoms with Gasteiger partial charge in [0.05, 0.1) is 10.8 Å². The third-order valence-electron chi connectivity index (χ3n) is 6.10. The summed E-state index contributed by atoms with van der Waals surface area (Å²) in [6, 6.07) is 21.4. The number of carbonyl (C=O) groups is 1. The highest BCUT2D eigenvalue weighted by Gasteiger charge is 2.28. The molecule has 3 aromatic carbocycles. The summed E-state index contributed by atoms with van der Waals surface area (Å²) in [5.74, 6) is -0.480. The van der Waals surface area contributed by atoms with E-state index in [2.05, 4.69) is 42.5 Å². The van der Waals surface area contributed by atoms with Gasteiger partial charge in [-0.2, -0.15) is 0 Å². The van der Waals surface area contributed by atoms with Crippen LogP contribution in [-0.4, -0.2) is 11.2 Å². The predicted molar refractivity (Wildman–Crippen MR) is 117 cm³/mol. The number of fused-ring (bicyclic) bond motifs is 3. The summed E-state index contributed by atoms with van der Waals surface area (Å²) in [5.41, 5.74) is 8.13. The van der Waals surface area contributed by atoms with Gasteiger partial charge in [0.25, 0.3) is 5.69 Å². The Bertz CT molecular complexity index is 1220. The number of nitro benzene ring substituents is 1. The number of hydrogen-bond donors (Lipinski definition) is 0. The smallest absolute Gasteiger partial charge is 0.269 e. The molecule has 0 spiro atoms. The quantitative estimate of drug-likeness (QED) is 0.253. The van der Waals surface area contributed by atoms with Gasteiger partial charge in [0.15, 0.2) is 0 Å². The van der Waals surface area contributed by atoms with E-state index in [-0.39, 0.29) is 17.5 Å². The van der Waals surface area contributed by atoms with Crippen LogP contribution >= 0.6 is 0 Å². The van der Waals surface area contributed by atoms with Gasteiger partial charge in [-0.25, -0.2) is 0 Å². The summed E-state index contributed by atoms with van der Waals surface area (Å²) >= 11 is 0. The molecule has 0 aromatic heterocycles. The molecule has 0 heterocycles. The second kappa shape index (κ2) is 7.23. The number of nitrogens with zero attached hydrogens (tertiary/aromatic N) is 1. The molecule has 0 saturated heterocycles. The summed E-state index contributed by atoms with van der Waals surface area (Å²) in [7, 11) is 0. The normalized spacial score (nSPS) is 19.0. The van der Waals surface area contributed by atoms with Crippen LogP contribution in [0.3, 0.4) is 0 Å². The molecule has 0 fully saturated rings. The highest BCUT2D eigenvalue weighted by atomic mass is 16.6. The highest BCUT2D eigenvalue weighted by Crippen LogP contribution is 2.42. The molecule has 2 aliphatic carbocycles. The molecule has 3 aromatic rings. The molecule has 0 aliphatic heterocycles. The molecule has 0 amide bonds. The van der Waals surface area contributed by atoms with E-state index in [0.29, 0.717) is 0 Å². The van der Waals surface area contributed by atoms with Crippen LogP contribution in [0, 0.1) is 16.0 Å². The first-order valence-corrected chi connectivity index (χ1v) is 9.95. The summed E-state index contributed by atoms with van der Waals surface area (Å²) in [6.45, 7) is 0. The zero-order valence-corrected chi connectivity index (χ0v) is 16.2. The molecule has 4 heteroatoms. The van der Waals surface area contributed by atoms with Crippen LogP contribution in [0.15, 0.2) is 85.0 Å². The van der Waals surface area contributed by atoms with Gasteiger partial charge in [-0.3, -0.25) is 10.1 Å². The fraction of sp³-hybridized carbons (Fsp3) is 0.115. The number of benzene rings is 3. The van der Waals surface area contributed by atoms with E-state index in [4.69, 9.17) is 0 Å². The molecular formula is C26H19NO3. The van der Waals surface area contributed by atoms with E-state index in [9.17, 15) is 14.9 Å². The zero-order valence-electron chi connectivity index (χ0n) is 16.2. The fourth-order valence-corrected chi connectivity index (χ4v) is 4.61. The van der Waals surface area contributed by atoms with E-state index in [0.717, 1.165) is 29.4 Å². The minimum atomic E-state index is -0.411. The van der Waals surface area contributed by atoms with Crippen LogP contribution in [0.1, 0.15) is 28.2 Å². The molecular weight excluding hydrogens is 374 g/mol. The van der Waals surface area contributed by atoms with Crippen molar-refractivity contribution in [3.8, 4) is 11.1 Å². The molecule has 2 aliphatic rings. The van der Waals surface area contributed by atoms with Crippen molar-refractivity contribution in [1.82, 2.24) is 0 Å². The topological polar surface area (TPSA) is 60.2 Å². The lowest BCUT2D eigenvalue weighted by Gasteiger charge is -2.26. The van der Waals surface area contributed by atoms with Gasteiger partial charge >= 0.3 is 0 Å². The molecule has 0 saturated carbocycles. The summed E-state index contributed by atoms with van der Waals surface area (Å²) in [4.78, 5) is 22.7. The Morgan fingerprint density at radius 2 is 1.70 bits per heavy atom. The van der Waals surface area contributed by atoms with Crippen molar-refractivity contribution < 1.29 is 9.72 Å². The molecule has 2 unspecified atom stereocenters. The minimum Gasteiger partial charge on any atom is -0.303 e. The van der Waals surface area contributed by atoms with E-state index in [1.165, 1.54) is 34.4 Å². The van der Waals surface area contributed by atoms with E-state index >= 15 is 0 Å². The van der Waals surface area contributed by atoms with Gasteiger partial charge in [-0.05, 0) is 45.4 Å². The summed E-state index contributed by atoms with van der Waals surface area (Å²) in [5, 5.41) is 10.9. The van der Waals surface area contributed by atoms with Crippen LogP contribution in [0.4, 0.5) is 5.69 Å². The maximum Gasteiger partial charge on any atom is 0.269 e. The lowest BCUT2D eigenvalue weighted by molar-refractivity contribution is -0.384. The number of non-ortho nitro benzene ring substituents is 1. The number of hydrogen-bond acceptors (Lipinski definition) is 3. The van der Waals surface area contributed by atoms with Crippen LogP contribution in [-0.2, 0) is 11.2 Å². The monoisotopic (exact) mass is 393 g/mol. The maximum atomic E-state index is 12.1. The Morgan fingerprint density at radius 3 is 2.47 bits per heavy atom. The number of aldehydes is 1. The van der Waals surface area contributed by atoms with E-state index in [1.807, 2.05) is 18.2 Å². The highest BCUT2D eigenvalue weighted by molar-refractivity contribution is 5.86. The molecule has 146 valence electrons. The van der Waals surface area contributed by atoms with Crippen molar-refractivity contribution in [2.45, 2.75) is 12.3 Å². The SMILES string of the molecule is O=CC1C(c2ccc3c(c2)Cc2ccccc2-3)=CC=CC1c1ccc([N+](=O)[O-])cc1. The number of carbonyl (C=O) groups excluding carboxylic acids is 1. The Balaban J connectivity index is 1.48.